The van der Waals surface area contributed by atoms with Gasteiger partial charge in [0.05, 0.1) is 6.10 Å². The summed E-state index contributed by atoms with van der Waals surface area (Å²) in [5.41, 5.74) is 0. The number of ether oxygens (including phenoxy) is 1. The normalized spacial score (nSPS) is 44.0. The van der Waals surface area contributed by atoms with E-state index in [-0.39, 0.29) is 12.0 Å². The van der Waals surface area contributed by atoms with Crippen molar-refractivity contribution < 1.29 is 9.53 Å². The number of aldehydes is 1. The van der Waals surface area contributed by atoms with Crippen molar-refractivity contribution in [2.24, 2.45) is 11.8 Å². The zero-order chi connectivity index (χ0) is 6.15. The molecular weight excluding hydrogens is 104 g/mol. The zero-order valence-electron chi connectivity index (χ0n) is 5.13. The van der Waals surface area contributed by atoms with Gasteiger partial charge in [0.15, 0.2) is 0 Å². The van der Waals surface area contributed by atoms with Gasteiger partial charge in [0, 0.05) is 13.0 Å². The largest absolute Gasteiger partial charge is 0.380 e. The van der Waals surface area contributed by atoms with Gasteiger partial charge < -0.3 is 9.53 Å². The monoisotopic (exact) mass is 114 g/mol. The van der Waals surface area contributed by atoms with E-state index < -0.39 is 0 Å². The Bertz CT molecular complexity index is 101. The fourth-order valence-electron chi connectivity index (χ4n) is 1.03. The lowest BCUT2D eigenvalue weighted by atomic mass is 10.4. The molecule has 0 N–H and O–H groups in total. The number of carbonyl (C=O) groups excluding carboxylic acids is 1. The van der Waals surface area contributed by atoms with Crippen molar-refractivity contribution in [1.82, 2.24) is 0 Å². The Hall–Kier alpha value is -0.370. The highest BCUT2D eigenvalue weighted by Gasteiger charge is 2.46. The van der Waals surface area contributed by atoms with Crippen molar-refractivity contribution >= 4 is 6.29 Å². The second-order valence-electron chi connectivity index (χ2n) is 2.27. The van der Waals surface area contributed by atoms with Gasteiger partial charge in [-0.1, -0.05) is 6.92 Å². The van der Waals surface area contributed by atoms with Crippen LogP contribution in [0.1, 0.15) is 6.92 Å². The predicted octanol–water partition coefficient (Wildman–Crippen LogP) is 0.466. The topological polar surface area (TPSA) is 26.3 Å². The molecule has 2 nitrogen and oxygen atoms in total. The molecule has 1 aliphatic carbocycles. The molecule has 0 bridgehead atoms. The van der Waals surface area contributed by atoms with E-state index in [4.69, 9.17) is 4.74 Å². The second-order valence-corrected chi connectivity index (χ2v) is 2.27. The van der Waals surface area contributed by atoms with Crippen molar-refractivity contribution in [3.63, 3.8) is 0 Å². The first-order valence-corrected chi connectivity index (χ1v) is 2.79. The fraction of sp³-hybridized carbons (Fsp3) is 0.833. The van der Waals surface area contributed by atoms with Crippen LogP contribution in [-0.2, 0) is 9.53 Å². The maximum atomic E-state index is 10.1. The number of hydrogen-bond donors (Lipinski definition) is 0. The molecule has 0 heterocycles. The van der Waals surface area contributed by atoms with E-state index in [9.17, 15) is 4.79 Å². The number of methoxy groups -OCH3 is 1. The van der Waals surface area contributed by atoms with Gasteiger partial charge in [-0.25, -0.2) is 0 Å². The van der Waals surface area contributed by atoms with Gasteiger partial charge in [-0.05, 0) is 5.92 Å². The molecule has 1 aliphatic rings. The summed E-state index contributed by atoms with van der Waals surface area (Å²) in [6.45, 7) is 2.02. The van der Waals surface area contributed by atoms with E-state index >= 15 is 0 Å². The number of rotatable bonds is 2. The number of carbonyl (C=O) groups is 1. The van der Waals surface area contributed by atoms with E-state index in [1.54, 1.807) is 7.11 Å². The summed E-state index contributed by atoms with van der Waals surface area (Å²) in [5, 5.41) is 0. The van der Waals surface area contributed by atoms with E-state index in [0.717, 1.165) is 6.29 Å². The average Bonchev–Trinajstić information content (AvgIpc) is 2.40. The Morgan fingerprint density at radius 2 is 2.25 bits per heavy atom. The van der Waals surface area contributed by atoms with Gasteiger partial charge in [-0.3, -0.25) is 0 Å². The molecular formula is C6H10O2. The molecule has 0 spiro atoms. The van der Waals surface area contributed by atoms with Crippen molar-refractivity contribution in [3.8, 4) is 0 Å². The van der Waals surface area contributed by atoms with E-state index in [1.807, 2.05) is 6.92 Å². The lowest BCUT2D eigenvalue weighted by Crippen LogP contribution is -1.90. The first-order valence-electron chi connectivity index (χ1n) is 2.79. The van der Waals surface area contributed by atoms with Crippen LogP contribution in [0.25, 0.3) is 0 Å². The first-order chi connectivity index (χ1) is 3.81. The van der Waals surface area contributed by atoms with Crippen molar-refractivity contribution in [3.05, 3.63) is 0 Å². The quantitative estimate of drug-likeness (QED) is 0.488. The number of hydrogen-bond acceptors (Lipinski definition) is 2. The molecule has 0 aliphatic heterocycles. The summed E-state index contributed by atoms with van der Waals surface area (Å²) in [4.78, 5) is 10.1. The van der Waals surface area contributed by atoms with Crippen LogP contribution in [0.4, 0.5) is 0 Å². The molecule has 0 radical (unpaired) electrons. The lowest BCUT2D eigenvalue weighted by molar-refractivity contribution is -0.109. The van der Waals surface area contributed by atoms with Crippen LogP contribution < -0.4 is 0 Å². The smallest absolute Gasteiger partial charge is 0.126 e. The molecule has 1 saturated carbocycles. The highest BCUT2D eigenvalue weighted by atomic mass is 16.5. The van der Waals surface area contributed by atoms with Crippen molar-refractivity contribution in [2.75, 3.05) is 7.11 Å². The van der Waals surface area contributed by atoms with E-state index in [1.165, 1.54) is 0 Å². The van der Waals surface area contributed by atoms with E-state index in [2.05, 4.69) is 0 Å². The van der Waals surface area contributed by atoms with Crippen LogP contribution in [0, 0.1) is 11.8 Å². The second kappa shape index (κ2) is 1.86. The molecule has 1 fully saturated rings. The first kappa shape index (κ1) is 5.76. The summed E-state index contributed by atoms with van der Waals surface area (Å²) < 4.78 is 4.95. The Balaban J connectivity index is 2.33. The zero-order valence-corrected chi connectivity index (χ0v) is 5.13. The summed E-state index contributed by atoms with van der Waals surface area (Å²) in [6.07, 6.45) is 1.19. The van der Waals surface area contributed by atoms with Crippen LogP contribution in [-0.4, -0.2) is 19.5 Å². The fourth-order valence-corrected chi connectivity index (χ4v) is 1.03. The highest BCUT2D eigenvalue weighted by molar-refractivity contribution is 5.60. The molecule has 2 heteroatoms. The SMILES string of the molecule is COC1C(C)C1C=O. The van der Waals surface area contributed by atoms with Gasteiger partial charge >= 0.3 is 0 Å². The van der Waals surface area contributed by atoms with Crippen LogP contribution in [0.2, 0.25) is 0 Å². The minimum absolute atomic E-state index is 0.181. The highest BCUT2D eigenvalue weighted by Crippen LogP contribution is 2.38. The van der Waals surface area contributed by atoms with Gasteiger partial charge in [0.1, 0.15) is 6.29 Å². The molecule has 0 aromatic rings. The Morgan fingerprint density at radius 3 is 2.38 bits per heavy atom. The van der Waals surface area contributed by atoms with Gasteiger partial charge in [-0.2, -0.15) is 0 Å². The third kappa shape index (κ3) is 0.650. The van der Waals surface area contributed by atoms with Gasteiger partial charge in [0.2, 0.25) is 0 Å². The summed E-state index contributed by atoms with van der Waals surface area (Å²) >= 11 is 0. The van der Waals surface area contributed by atoms with E-state index in [0.29, 0.717) is 5.92 Å². The summed E-state index contributed by atoms with van der Waals surface area (Å²) in [6, 6.07) is 0. The molecule has 0 aromatic heterocycles. The molecule has 3 atom stereocenters. The Morgan fingerprint density at radius 1 is 1.62 bits per heavy atom. The minimum Gasteiger partial charge on any atom is -0.380 e. The molecule has 46 valence electrons. The third-order valence-electron chi connectivity index (χ3n) is 1.79. The summed E-state index contributed by atoms with van der Waals surface area (Å²) in [7, 11) is 1.64. The van der Waals surface area contributed by atoms with Crippen molar-refractivity contribution in [1.29, 1.82) is 0 Å². The maximum absolute atomic E-state index is 10.1. The van der Waals surface area contributed by atoms with Gasteiger partial charge in [-0.15, -0.1) is 0 Å². The molecule has 8 heavy (non-hydrogen) atoms. The van der Waals surface area contributed by atoms with Crippen LogP contribution in [0.15, 0.2) is 0 Å². The Kier molecular flexibility index (Phi) is 1.34. The van der Waals surface area contributed by atoms with Crippen LogP contribution >= 0.6 is 0 Å². The average molecular weight is 114 g/mol. The Labute approximate surface area is 48.8 Å². The lowest BCUT2D eigenvalue weighted by Gasteiger charge is -1.86. The van der Waals surface area contributed by atoms with Gasteiger partial charge in [0.25, 0.3) is 0 Å². The summed E-state index contributed by atoms with van der Waals surface area (Å²) in [5.74, 6) is 0.637. The molecule has 0 amide bonds. The molecule has 0 saturated heterocycles. The predicted molar refractivity (Wildman–Crippen MR) is 29.5 cm³/mol. The standard InChI is InChI=1S/C6H10O2/c1-4-5(3-7)6(4)8-2/h3-6H,1-2H3. The maximum Gasteiger partial charge on any atom is 0.126 e. The molecule has 3 unspecified atom stereocenters. The van der Waals surface area contributed by atoms with Crippen LogP contribution in [0.5, 0.6) is 0 Å². The van der Waals surface area contributed by atoms with Crippen molar-refractivity contribution in [2.45, 2.75) is 13.0 Å². The molecule has 0 aromatic carbocycles. The third-order valence-corrected chi connectivity index (χ3v) is 1.79. The molecule has 1 rings (SSSR count). The minimum atomic E-state index is 0.181. The van der Waals surface area contributed by atoms with Crippen LogP contribution in [0.3, 0.4) is 0 Å².